The minimum atomic E-state index is -1.92. The fourth-order valence-corrected chi connectivity index (χ4v) is 3.17. The van der Waals surface area contributed by atoms with Crippen LogP contribution in [0.5, 0.6) is 5.75 Å². The number of carbonyl (C=O) groups is 5. The van der Waals surface area contributed by atoms with Gasteiger partial charge in [0.2, 0.25) is 17.5 Å². The van der Waals surface area contributed by atoms with E-state index in [-0.39, 0.29) is 6.07 Å². The maximum atomic E-state index is 13.8. The zero-order valence-electron chi connectivity index (χ0n) is 20.9. The number of aliphatic carboxylic acids is 1. The SMILES string of the molecule is Cc1ccc(NC(=O)C(=O)N[C@H](C(=O)NC(CC(=O)O)C(=O)COc2c(F)c(F)cc(F)c2F)C(C)C)cc1. The number of ether oxygens (including phenoxy) is 1. The molecule has 39 heavy (non-hydrogen) atoms. The van der Waals surface area contributed by atoms with E-state index in [1.54, 1.807) is 24.3 Å². The molecule has 4 N–H and O–H groups in total. The molecule has 3 amide bonds. The largest absolute Gasteiger partial charge is 0.481 e. The van der Waals surface area contributed by atoms with Gasteiger partial charge >= 0.3 is 17.8 Å². The number of hydrogen-bond donors (Lipinski definition) is 4. The van der Waals surface area contributed by atoms with Gasteiger partial charge in [0.25, 0.3) is 0 Å². The van der Waals surface area contributed by atoms with Crippen LogP contribution in [0.4, 0.5) is 23.2 Å². The number of carboxylic acid groups (broad SMARTS) is 1. The first-order valence-electron chi connectivity index (χ1n) is 11.4. The van der Waals surface area contributed by atoms with E-state index in [0.29, 0.717) is 5.69 Å². The zero-order valence-corrected chi connectivity index (χ0v) is 20.9. The van der Waals surface area contributed by atoms with Crippen molar-refractivity contribution >= 4 is 35.2 Å². The van der Waals surface area contributed by atoms with Crippen LogP contribution >= 0.6 is 0 Å². The first-order valence-corrected chi connectivity index (χ1v) is 11.4. The van der Waals surface area contributed by atoms with E-state index in [4.69, 9.17) is 5.11 Å². The molecule has 0 saturated carbocycles. The quantitative estimate of drug-likeness (QED) is 0.189. The van der Waals surface area contributed by atoms with Crippen LogP contribution in [0.3, 0.4) is 0 Å². The molecule has 1 unspecified atom stereocenters. The summed E-state index contributed by atoms with van der Waals surface area (Å²) < 4.78 is 58.9. The van der Waals surface area contributed by atoms with E-state index >= 15 is 0 Å². The Labute approximate surface area is 219 Å². The molecule has 210 valence electrons. The highest BCUT2D eigenvalue weighted by Gasteiger charge is 2.32. The van der Waals surface area contributed by atoms with Crippen molar-refractivity contribution < 1.29 is 51.4 Å². The Kier molecular flexibility index (Phi) is 10.5. The molecule has 0 aliphatic carbocycles. The molecule has 2 aromatic rings. The van der Waals surface area contributed by atoms with Crippen LogP contribution in [0.15, 0.2) is 30.3 Å². The summed E-state index contributed by atoms with van der Waals surface area (Å²) in [4.78, 5) is 61.3. The van der Waals surface area contributed by atoms with Gasteiger partial charge in [-0.3, -0.25) is 24.0 Å². The molecule has 0 bridgehead atoms. The monoisotopic (exact) mass is 555 g/mol. The number of aryl methyl sites for hydroxylation is 1. The van der Waals surface area contributed by atoms with Crippen molar-refractivity contribution in [2.75, 3.05) is 11.9 Å². The molecule has 0 radical (unpaired) electrons. The van der Waals surface area contributed by atoms with Gasteiger partial charge in [-0.1, -0.05) is 31.5 Å². The molecule has 0 aliphatic heterocycles. The molecule has 2 rings (SSSR count). The van der Waals surface area contributed by atoms with Crippen molar-refractivity contribution in [3.63, 3.8) is 0 Å². The first-order chi connectivity index (χ1) is 18.2. The van der Waals surface area contributed by atoms with Crippen LogP contribution in [-0.4, -0.2) is 53.3 Å². The van der Waals surface area contributed by atoms with Crippen molar-refractivity contribution in [3.05, 3.63) is 59.2 Å². The number of ketones is 1. The summed E-state index contributed by atoms with van der Waals surface area (Å²) in [6.45, 7) is 3.52. The lowest BCUT2D eigenvalue weighted by Gasteiger charge is -2.24. The van der Waals surface area contributed by atoms with Gasteiger partial charge in [0.05, 0.1) is 6.42 Å². The molecule has 2 atom stereocenters. The van der Waals surface area contributed by atoms with Crippen LogP contribution in [0.1, 0.15) is 25.8 Å². The fourth-order valence-electron chi connectivity index (χ4n) is 3.17. The average molecular weight is 555 g/mol. The van der Waals surface area contributed by atoms with Gasteiger partial charge in [0.15, 0.2) is 23.2 Å². The summed E-state index contributed by atoms with van der Waals surface area (Å²) in [7, 11) is 0. The van der Waals surface area contributed by atoms with Gasteiger partial charge in [0, 0.05) is 11.8 Å². The molecule has 2 aromatic carbocycles. The first kappa shape index (κ1) is 30.7. The molecular formula is C25H25F4N3O7. The molecule has 0 spiro atoms. The summed E-state index contributed by atoms with van der Waals surface area (Å²) >= 11 is 0. The van der Waals surface area contributed by atoms with E-state index in [0.717, 1.165) is 5.56 Å². The summed E-state index contributed by atoms with van der Waals surface area (Å²) in [5, 5.41) is 15.8. The highest BCUT2D eigenvalue weighted by molar-refractivity contribution is 6.40. The maximum Gasteiger partial charge on any atom is 0.313 e. The second-order valence-electron chi connectivity index (χ2n) is 8.73. The molecule has 0 aliphatic rings. The van der Waals surface area contributed by atoms with E-state index in [2.05, 4.69) is 20.7 Å². The van der Waals surface area contributed by atoms with Crippen LogP contribution < -0.4 is 20.7 Å². The zero-order chi connectivity index (χ0) is 29.4. The summed E-state index contributed by atoms with van der Waals surface area (Å²) in [5.74, 6) is -15.8. The molecule has 0 fully saturated rings. The third-order valence-electron chi connectivity index (χ3n) is 5.27. The number of nitrogens with one attached hydrogen (secondary N) is 3. The van der Waals surface area contributed by atoms with Crippen LogP contribution in [-0.2, 0) is 24.0 Å². The highest BCUT2D eigenvalue weighted by atomic mass is 19.2. The lowest BCUT2D eigenvalue weighted by Crippen LogP contribution is -2.56. The Morgan fingerprint density at radius 1 is 0.897 bits per heavy atom. The number of hydrogen-bond acceptors (Lipinski definition) is 6. The lowest BCUT2D eigenvalue weighted by atomic mass is 10.0. The number of anilines is 1. The van der Waals surface area contributed by atoms with E-state index in [1.807, 2.05) is 6.92 Å². The molecule has 0 heterocycles. The Balaban J connectivity index is 2.11. The minimum absolute atomic E-state index is 0.0752. The second kappa shape index (κ2) is 13.3. The molecule has 14 heteroatoms. The Hall–Kier alpha value is -4.49. The van der Waals surface area contributed by atoms with Gasteiger partial charge < -0.3 is 25.8 Å². The second-order valence-corrected chi connectivity index (χ2v) is 8.73. The number of amides is 3. The lowest BCUT2D eigenvalue weighted by molar-refractivity contribution is -0.141. The van der Waals surface area contributed by atoms with Crippen molar-refractivity contribution in [1.82, 2.24) is 10.6 Å². The van der Waals surface area contributed by atoms with Crippen LogP contribution in [0.2, 0.25) is 0 Å². The predicted molar refractivity (Wildman–Crippen MR) is 128 cm³/mol. The van der Waals surface area contributed by atoms with E-state index in [9.17, 15) is 41.5 Å². The number of rotatable bonds is 11. The highest BCUT2D eigenvalue weighted by Crippen LogP contribution is 2.26. The number of carbonyl (C=O) groups excluding carboxylic acids is 4. The van der Waals surface area contributed by atoms with E-state index < -0.39 is 89.5 Å². The summed E-state index contributed by atoms with van der Waals surface area (Å²) in [5.41, 5.74) is 1.22. The van der Waals surface area contributed by atoms with Crippen molar-refractivity contribution in [2.45, 2.75) is 39.3 Å². The fraction of sp³-hybridized carbons (Fsp3) is 0.320. The Bertz CT molecular complexity index is 1240. The maximum absolute atomic E-state index is 13.8. The Morgan fingerprint density at radius 3 is 1.97 bits per heavy atom. The normalized spacial score (nSPS) is 12.3. The minimum Gasteiger partial charge on any atom is -0.481 e. The predicted octanol–water partition coefficient (Wildman–Crippen LogP) is 2.24. The standard InChI is InChI=1S/C25H25F4N3O7/c1-11(2)21(32-25(38)24(37)30-13-6-4-12(3)5-7-13)23(36)31-16(9-18(34)35)17(33)10-39-22-19(28)14(26)8-15(27)20(22)29/h4-8,11,16,21H,9-10H2,1-3H3,(H,30,37)(H,31,36)(H,32,38)(H,34,35)/t16?,21-/m0/s1. The van der Waals surface area contributed by atoms with Crippen molar-refractivity contribution in [2.24, 2.45) is 5.92 Å². The topological polar surface area (TPSA) is 151 Å². The third kappa shape index (κ3) is 8.51. The van der Waals surface area contributed by atoms with Crippen molar-refractivity contribution in [1.29, 1.82) is 0 Å². The third-order valence-corrected chi connectivity index (χ3v) is 5.27. The van der Waals surface area contributed by atoms with Crippen LogP contribution in [0.25, 0.3) is 0 Å². The van der Waals surface area contributed by atoms with Crippen LogP contribution in [0, 0.1) is 36.1 Å². The van der Waals surface area contributed by atoms with Gasteiger partial charge in [0.1, 0.15) is 18.7 Å². The number of Topliss-reactive ketones (excluding diaryl/α,β-unsaturated/α-hetero) is 1. The summed E-state index contributed by atoms with van der Waals surface area (Å²) in [6, 6.07) is 3.15. The Morgan fingerprint density at radius 2 is 1.46 bits per heavy atom. The van der Waals surface area contributed by atoms with Gasteiger partial charge in [-0.15, -0.1) is 0 Å². The summed E-state index contributed by atoms with van der Waals surface area (Å²) in [6.07, 6.45) is -1.01. The number of halogens is 4. The molecular weight excluding hydrogens is 530 g/mol. The smallest absolute Gasteiger partial charge is 0.313 e. The number of benzene rings is 2. The number of carboxylic acids is 1. The molecule has 0 saturated heterocycles. The van der Waals surface area contributed by atoms with Gasteiger partial charge in [-0.05, 0) is 25.0 Å². The molecule has 0 aromatic heterocycles. The van der Waals surface area contributed by atoms with Gasteiger partial charge in [-0.2, -0.15) is 8.78 Å². The average Bonchev–Trinajstić information content (AvgIpc) is 2.86. The van der Waals surface area contributed by atoms with Crippen molar-refractivity contribution in [3.8, 4) is 5.75 Å². The molecule has 10 nitrogen and oxygen atoms in total. The van der Waals surface area contributed by atoms with E-state index in [1.165, 1.54) is 13.8 Å². The van der Waals surface area contributed by atoms with Gasteiger partial charge in [-0.25, -0.2) is 8.78 Å².